The number of aliphatic hydroxyl groups is 1. The van der Waals surface area contributed by atoms with Gasteiger partial charge in [-0.15, -0.1) is 6.58 Å². The molecule has 0 fully saturated rings. The van der Waals surface area contributed by atoms with E-state index in [2.05, 4.69) is 16.3 Å². The van der Waals surface area contributed by atoms with Gasteiger partial charge in [0.05, 0.1) is 12.3 Å². The molecule has 0 aliphatic heterocycles. The molecule has 0 amide bonds. The van der Waals surface area contributed by atoms with Crippen LogP contribution < -0.4 is 4.74 Å². The van der Waals surface area contributed by atoms with Gasteiger partial charge in [0.25, 0.3) is 0 Å². The van der Waals surface area contributed by atoms with Crippen molar-refractivity contribution < 1.29 is 18.6 Å². The predicted octanol–water partition coefficient (Wildman–Crippen LogP) is 2.37. The molecule has 84 valence electrons. The Morgan fingerprint density at radius 2 is 2.27 bits per heavy atom. The summed E-state index contributed by atoms with van der Waals surface area (Å²) >= 11 is 0. The van der Waals surface area contributed by atoms with Gasteiger partial charge >= 0.3 is 6.61 Å². The molecule has 0 radical (unpaired) electrons. The van der Waals surface area contributed by atoms with Crippen molar-refractivity contribution in [3.05, 3.63) is 36.7 Å². The molecule has 1 aromatic heterocycles. The van der Waals surface area contributed by atoms with E-state index < -0.39 is 6.61 Å². The lowest BCUT2D eigenvalue weighted by atomic mass is 10.3. The number of pyridine rings is 1. The van der Waals surface area contributed by atoms with Crippen LogP contribution in [0, 0.1) is 0 Å². The van der Waals surface area contributed by atoms with E-state index in [9.17, 15) is 8.78 Å². The highest BCUT2D eigenvalue weighted by Gasteiger charge is 2.04. The number of ether oxygens (including phenoxy) is 1. The molecule has 1 N–H and O–H groups in total. The molecule has 0 aromatic carbocycles. The summed E-state index contributed by atoms with van der Waals surface area (Å²) in [7, 11) is 0. The lowest BCUT2D eigenvalue weighted by molar-refractivity contribution is -0.0499. The van der Waals surface area contributed by atoms with Crippen LogP contribution in [-0.2, 0) is 6.61 Å². The monoisotopic (exact) mass is 217 g/mol. The summed E-state index contributed by atoms with van der Waals surface area (Å²) in [5, 5.41) is 8.59. The van der Waals surface area contributed by atoms with E-state index in [4.69, 9.17) is 5.11 Å². The summed E-state index contributed by atoms with van der Waals surface area (Å²) in [4.78, 5) is 3.69. The third kappa shape index (κ3) is 6.56. The first kappa shape index (κ1) is 13.5. The molecule has 1 rings (SSSR count). The Morgan fingerprint density at radius 1 is 1.67 bits per heavy atom. The van der Waals surface area contributed by atoms with Gasteiger partial charge in [-0.3, -0.25) is 4.98 Å². The van der Waals surface area contributed by atoms with Crippen molar-refractivity contribution in [2.45, 2.75) is 20.1 Å². The minimum absolute atomic E-state index is 0.00375. The van der Waals surface area contributed by atoms with Crippen LogP contribution in [-0.4, -0.2) is 16.7 Å². The molecule has 1 heterocycles. The van der Waals surface area contributed by atoms with Crippen molar-refractivity contribution in [2.24, 2.45) is 0 Å². The first-order valence-corrected chi connectivity index (χ1v) is 4.21. The van der Waals surface area contributed by atoms with Gasteiger partial charge in [0.2, 0.25) is 0 Å². The van der Waals surface area contributed by atoms with Crippen LogP contribution in [0.1, 0.15) is 12.6 Å². The number of hydrogen-bond acceptors (Lipinski definition) is 3. The Bertz CT molecular complexity index is 293. The number of alkyl halides is 2. The van der Waals surface area contributed by atoms with Crippen LogP contribution in [0.5, 0.6) is 5.75 Å². The SMILES string of the molecule is C=CC.OCc1cc(OC(F)F)ccn1. The highest BCUT2D eigenvalue weighted by Crippen LogP contribution is 2.13. The lowest BCUT2D eigenvalue weighted by Gasteiger charge is -2.03. The van der Waals surface area contributed by atoms with Gasteiger partial charge in [0, 0.05) is 12.3 Å². The summed E-state index contributed by atoms with van der Waals surface area (Å²) in [5.41, 5.74) is 0.299. The van der Waals surface area contributed by atoms with Gasteiger partial charge in [-0.1, -0.05) is 6.08 Å². The van der Waals surface area contributed by atoms with E-state index in [1.807, 2.05) is 6.92 Å². The Labute approximate surface area is 87.0 Å². The normalized spacial score (nSPS) is 9.13. The standard InChI is InChI=1S/C7H7F2NO2.C3H6/c8-7(9)12-6-1-2-10-5(3-6)4-11;1-3-2/h1-3,7,11H,4H2;3H,1H2,2H3. The largest absolute Gasteiger partial charge is 0.435 e. The van der Waals surface area contributed by atoms with E-state index >= 15 is 0 Å². The average Bonchev–Trinajstić information content (AvgIpc) is 2.18. The summed E-state index contributed by atoms with van der Waals surface area (Å²) in [6.07, 6.45) is 3.04. The van der Waals surface area contributed by atoms with E-state index in [0.717, 1.165) is 0 Å². The number of allylic oxidation sites excluding steroid dienone is 1. The zero-order valence-corrected chi connectivity index (χ0v) is 8.36. The van der Waals surface area contributed by atoms with Crippen LogP contribution in [0.3, 0.4) is 0 Å². The summed E-state index contributed by atoms with van der Waals surface area (Å²) in [6.45, 7) is 2.11. The predicted molar refractivity (Wildman–Crippen MR) is 52.7 cm³/mol. The fourth-order valence-corrected chi connectivity index (χ4v) is 0.719. The van der Waals surface area contributed by atoms with Crippen molar-refractivity contribution in [3.63, 3.8) is 0 Å². The Balaban J connectivity index is 0.000000583. The fourth-order valence-electron chi connectivity index (χ4n) is 0.719. The molecule has 0 spiro atoms. The van der Waals surface area contributed by atoms with E-state index in [1.54, 1.807) is 6.08 Å². The highest BCUT2D eigenvalue weighted by molar-refractivity contribution is 5.22. The topological polar surface area (TPSA) is 42.4 Å². The van der Waals surface area contributed by atoms with Crippen LogP contribution in [0.4, 0.5) is 8.78 Å². The summed E-state index contributed by atoms with van der Waals surface area (Å²) in [6, 6.07) is 2.55. The molecule has 0 saturated heterocycles. The molecule has 0 aliphatic rings. The first-order chi connectivity index (χ1) is 7.13. The van der Waals surface area contributed by atoms with Crippen molar-refractivity contribution in [2.75, 3.05) is 0 Å². The second kappa shape index (κ2) is 7.87. The maximum Gasteiger partial charge on any atom is 0.387 e. The van der Waals surface area contributed by atoms with Crippen LogP contribution in [0.15, 0.2) is 31.0 Å². The number of aromatic nitrogens is 1. The average molecular weight is 217 g/mol. The van der Waals surface area contributed by atoms with Crippen molar-refractivity contribution in [1.82, 2.24) is 4.98 Å². The third-order valence-electron chi connectivity index (χ3n) is 1.18. The fraction of sp³-hybridized carbons (Fsp3) is 0.300. The minimum Gasteiger partial charge on any atom is -0.435 e. The van der Waals surface area contributed by atoms with Crippen molar-refractivity contribution in [1.29, 1.82) is 0 Å². The van der Waals surface area contributed by atoms with Crippen LogP contribution in [0.25, 0.3) is 0 Å². The van der Waals surface area contributed by atoms with E-state index in [-0.39, 0.29) is 12.4 Å². The van der Waals surface area contributed by atoms with E-state index in [1.165, 1.54) is 18.3 Å². The van der Waals surface area contributed by atoms with Gasteiger partial charge in [0.1, 0.15) is 5.75 Å². The zero-order valence-electron chi connectivity index (χ0n) is 8.36. The highest BCUT2D eigenvalue weighted by atomic mass is 19.3. The molecule has 0 unspecified atom stereocenters. The molecule has 0 bridgehead atoms. The summed E-state index contributed by atoms with van der Waals surface area (Å²) in [5.74, 6) is 0.00375. The lowest BCUT2D eigenvalue weighted by Crippen LogP contribution is -2.02. The number of halogens is 2. The van der Waals surface area contributed by atoms with Gasteiger partial charge < -0.3 is 9.84 Å². The van der Waals surface area contributed by atoms with Crippen molar-refractivity contribution >= 4 is 0 Å². The molecule has 15 heavy (non-hydrogen) atoms. The maximum atomic E-state index is 11.7. The number of aliphatic hydroxyl groups excluding tert-OH is 1. The van der Waals surface area contributed by atoms with Gasteiger partial charge in [-0.2, -0.15) is 8.78 Å². The minimum atomic E-state index is -2.85. The first-order valence-electron chi connectivity index (χ1n) is 4.21. The zero-order chi connectivity index (χ0) is 11.7. The third-order valence-corrected chi connectivity index (χ3v) is 1.18. The van der Waals surface area contributed by atoms with Gasteiger partial charge in [-0.25, -0.2) is 0 Å². The Hall–Kier alpha value is -1.49. The molecule has 0 atom stereocenters. The number of rotatable bonds is 3. The Morgan fingerprint density at radius 3 is 2.73 bits per heavy atom. The molecule has 1 aromatic rings. The number of hydrogen-bond donors (Lipinski definition) is 1. The van der Waals surface area contributed by atoms with E-state index in [0.29, 0.717) is 5.69 Å². The quantitative estimate of drug-likeness (QED) is 0.790. The molecular weight excluding hydrogens is 204 g/mol. The second-order valence-electron chi connectivity index (χ2n) is 2.43. The molecule has 0 saturated carbocycles. The van der Waals surface area contributed by atoms with Gasteiger partial charge in [0.15, 0.2) is 0 Å². The smallest absolute Gasteiger partial charge is 0.387 e. The summed E-state index contributed by atoms with van der Waals surface area (Å²) < 4.78 is 27.4. The maximum absolute atomic E-state index is 11.7. The van der Waals surface area contributed by atoms with Gasteiger partial charge in [-0.05, 0) is 13.0 Å². The molecule has 0 aliphatic carbocycles. The second-order valence-corrected chi connectivity index (χ2v) is 2.43. The number of nitrogens with zero attached hydrogens (tertiary/aromatic N) is 1. The van der Waals surface area contributed by atoms with Crippen LogP contribution >= 0.6 is 0 Å². The molecule has 3 nitrogen and oxygen atoms in total. The molecular formula is C10H13F2NO2. The van der Waals surface area contributed by atoms with Crippen LogP contribution in [0.2, 0.25) is 0 Å². The van der Waals surface area contributed by atoms with Crippen molar-refractivity contribution in [3.8, 4) is 5.75 Å². The Kier molecular flexibility index (Phi) is 7.09. The molecule has 5 heteroatoms.